The van der Waals surface area contributed by atoms with Gasteiger partial charge in [0.1, 0.15) is 0 Å². The lowest BCUT2D eigenvalue weighted by Gasteiger charge is -2.16. The Hall–Kier alpha value is -1.35. The first-order valence-electron chi connectivity index (χ1n) is 6.23. The molecular formula is C14H22N2O. The van der Waals surface area contributed by atoms with E-state index in [1.165, 1.54) is 5.56 Å². The van der Waals surface area contributed by atoms with Gasteiger partial charge in [-0.3, -0.25) is 4.79 Å². The maximum absolute atomic E-state index is 12.0. The zero-order valence-corrected chi connectivity index (χ0v) is 10.7. The number of carbonyl (C=O) groups excluding carboxylic acids is 1. The standard InChI is InChI=1S/C14H22N2O/c1-3-9-16-14(17)13(7-8-15)12-6-4-5-11(2)10-12/h4-6,10,13H,3,7-9,15H2,1-2H3,(H,16,17). The predicted molar refractivity (Wildman–Crippen MR) is 70.9 cm³/mol. The molecule has 1 aromatic carbocycles. The largest absolute Gasteiger partial charge is 0.356 e. The summed E-state index contributed by atoms with van der Waals surface area (Å²) >= 11 is 0. The van der Waals surface area contributed by atoms with Crippen LogP contribution in [-0.2, 0) is 4.79 Å². The van der Waals surface area contributed by atoms with Crippen LogP contribution in [0.4, 0.5) is 0 Å². The van der Waals surface area contributed by atoms with E-state index in [1.807, 2.05) is 32.0 Å². The Bertz CT molecular complexity index is 363. The Morgan fingerprint density at radius 1 is 1.47 bits per heavy atom. The van der Waals surface area contributed by atoms with Crippen LogP contribution in [0.25, 0.3) is 0 Å². The van der Waals surface area contributed by atoms with Gasteiger partial charge in [0.05, 0.1) is 5.92 Å². The zero-order valence-electron chi connectivity index (χ0n) is 10.7. The number of hydrogen-bond donors (Lipinski definition) is 2. The van der Waals surface area contributed by atoms with Crippen molar-refractivity contribution < 1.29 is 4.79 Å². The van der Waals surface area contributed by atoms with Crippen molar-refractivity contribution in [3.05, 3.63) is 35.4 Å². The molecule has 1 amide bonds. The van der Waals surface area contributed by atoms with Crippen molar-refractivity contribution >= 4 is 5.91 Å². The molecule has 1 atom stereocenters. The van der Waals surface area contributed by atoms with E-state index < -0.39 is 0 Å². The van der Waals surface area contributed by atoms with E-state index in [1.54, 1.807) is 0 Å². The molecular weight excluding hydrogens is 212 g/mol. The summed E-state index contributed by atoms with van der Waals surface area (Å²) in [6.45, 7) is 5.34. The van der Waals surface area contributed by atoms with Crippen LogP contribution < -0.4 is 11.1 Å². The molecule has 0 bridgehead atoms. The number of nitrogens with one attached hydrogen (secondary N) is 1. The Labute approximate surface area is 103 Å². The Morgan fingerprint density at radius 3 is 2.82 bits per heavy atom. The van der Waals surface area contributed by atoms with Crippen LogP contribution in [0.3, 0.4) is 0 Å². The average molecular weight is 234 g/mol. The quantitative estimate of drug-likeness (QED) is 0.790. The van der Waals surface area contributed by atoms with Crippen LogP contribution in [0, 0.1) is 6.92 Å². The molecule has 0 fully saturated rings. The van der Waals surface area contributed by atoms with Crippen LogP contribution in [-0.4, -0.2) is 19.0 Å². The molecule has 0 saturated heterocycles. The van der Waals surface area contributed by atoms with Crippen LogP contribution in [0.2, 0.25) is 0 Å². The lowest BCUT2D eigenvalue weighted by Crippen LogP contribution is -2.31. The van der Waals surface area contributed by atoms with Gasteiger partial charge in [0, 0.05) is 6.54 Å². The first-order chi connectivity index (χ1) is 8.19. The summed E-state index contributed by atoms with van der Waals surface area (Å²) in [6, 6.07) is 8.08. The van der Waals surface area contributed by atoms with E-state index in [2.05, 4.69) is 11.4 Å². The molecule has 0 saturated carbocycles. The highest BCUT2D eigenvalue weighted by Crippen LogP contribution is 2.20. The van der Waals surface area contributed by atoms with E-state index in [0.717, 1.165) is 18.5 Å². The van der Waals surface area contributed by atoms with Crippen molar-refractivity contribution in [1.29, 1.82) is 0 Å². The van der Waals surface area contributed by atoms with E-state index >= 15 is 0 Å². The number of hydrogen-bond acceptors (Lipinski definition) is 2. The minimum absolute atomic E-state index is 0.0860. The average Bonchev–Trinajstić information content (AvgIpc) is 2.33. The van der Waals surface area contributed by atoms with Crippen LogP contribution in [0.1, 0.15) is 36.8 Å². The molecule has 3 nitrogen and oxygen atoms in total. The number of carbonyl (C=O) groups is 1. The fourth-order valence-electron chi connectivity index (χ4n) is 1.87. The molecule has 0 aliphatic rings. The second kappa shape index (κ2) is 7.07. The molecule has 94 valence electrons. The van der Waals surface area contributed by atoms with Crippen molar-refractivity contribution in [2.45, 2.75) is 32.6 Å². The molecule has 0 spiro atoms. The van der Waals surface area contributed by atoms with Gasteiger partial charge in [0.15, 0.2) is 0 Å². The fraction of sp³-hybridized carbons (Fsp3) is 0.500. The van der Waals surface area contributed by atoms with Crippen molar-refractivity contribution in [3.63, 3.8) is 0 Å². The molecule has 3 N–H and O–H groups in total. The third-order valence-corrected chi connectivity index (χ3v) is 2.77. The van der Waals surface area contributed by atoms with Gasteiger partial charge < -0.3 is 11.1 Å². The van der Waals surface area contributed by atoms with Gasteiger partial charge in [-0.05, 0) is 31.9 Å². The Kier molecular flexibility index (Phi) is 5.70. The lowest BCUT2D eigenvalue weighted by molar-refractivity contribution is -0.122. The number of nitrogens with two attached hydrogens (primary N) is 1. The summed E-state index contributed by atoms with van der Waals surface area (Å²) < 4.78 is 0. The first kappa shape index (κ1) is 13.7. The Morgan fingerprint density at radius 2 is 2.24 bits per heavy atom. The van der Waals surface area contributed by atoms with Crippen molar-refractivity contribution in [3.8, 4) is 0 Å². The maximum atomic E-state index is 12.0. The van der Waals surface area contributed by atoms with Crippen LogP contribution in [0.15, 0.2) is 24.3 Å². The van der Waals surface area contributed by atoms with Gasteiger partial charge in [0.25, 0.3) is 0 Å². The van der Waals surface area contributed by atoms with Crippen molar-refractivity contribution in [1.82, 2.24) is 5.32 Å². The van der Waals surface area contributed by atoms with Crippen molar-refractivity contribution in [2.24, 2.45) is 5.73 Å². The molecule has 0 aromatic heterocycles. The van der Waals surface area contributed by atoms with Gasteiger partial charge in [-0.15, -0.1) is 0 Å². The number of aryl methyl sites for hydroxylation is 1. The third-order valence-electron chi connectivity index (χ3n) is 2.77. The van der Waals surface area contributed by atoms with E-state index in [-0.39, 0.29) is 11.8 Å². The summed E-state index contributed by atoms with van der Waals surface area (Å²) in [5.41, 5.74) is 7.82. The molecule has 17 heavy (non-hydrogen) atoms. The van der Waals surface area contributed by atoms with Crippen molar-refractivity contribution in [2.75, 3.05) is 13.1 Å². The lowest BCUT2D eigenvalue weighted by atomic mass is 9.93. The van der Waals surface area contributed by atoms with E-state index in [4.69, 9.17) is 5.73 Å². The number of amides is 1. The number of rotatable bonds is 6. The van der Waals surface area contributed by atoms with E-state index in [0.29, 0.717) is 13.0 Å². The summed E-state index contributed by atoms with van der Waals surface area (Å²) in [5, 5.41) is 2.94. The molecule has 0 heterocycles. The monoisotopic (exact) mass is 234 g/mol. The van der Waals surface area contributed by atoms with Gasteiger partial charge in [-0.2, -0.15) is 0 Å². The highest BCUT2D eigenvalue weighted by atomic mass is 16.1. The number of benzene rings is 1. The molecule has 3 heteroatoms. The highest BCUT2D eigenvalue weighted by Gasteiger charge is 2.19. The maximum Gasteiger partial charge on any atom is 0.227 e. The summed E-state index contributed by atoms with van der Waals surface area (Å²) in [5.74, 6) is -0.0330. The van der Waals surface area contributed by atoms with Gasteiger partial charge in [-0.25, -0.2) is 0 Å². The predicted octanol–water partition coefficient (Wildman–Crippen LogP) is 1.95. The molecule has 1 rings (SSSR count). The minimum Gasteiger partial charge on any atom is -0.356 e. The second-order valence-electron chi connectivity index (χ2n) is 4.34. The smallest absolute Gasteiger partial charge is 0.227 e. The summed E-state index contributed by atoms with van der Waals surface area (Å²) in [4.78, 5) is 12.0. The summed E-state index contributed by atoms with van der Waals surface area (Å²) in [6.07, 6.45) is 1.65. The SMILES string of the molecule is CCCNC(=O)C(CCN)c1cccc(C)c1. The van der Waals surface area contributed by atoms with E-state index in [9.17, 15) is 4.79 Å². The second-order valence-corrected chi connectivity index (χ2v) is 4.34. The molecule has 1 unspecified atom stereocenters. The highest BCUT2D eigenvalue weighted by molar-refractivity contribution is 5.83. The normalized spacial score (nSPS) is 12.2. The minimum atomic E-state index is -0.119. The van der Waals surface area contributed by atoms with Crippen LogP contribution >= 0.6 is 0 Å². The molecule has 0 aliphatic carbocycles. The topological polar surface area (TPSA) is 55.1 Å². The summed E-state index contributed by atoms with van der Waals surface area (Å²) in [7, 11) is 0. The zero-order chi connectivity index (χ0) is 12.7. The fourth-order valence-corrected chi connectivity index (χ4v) is 1.87. The van der Waals surface area contributed by atoms with Gasteiger partial charge in [-0.1, -0.05) is 36.8 Å². The van der Waals surface area contributed by atoms with Gasteiger partial charge >= 0.3 is 0 Å². The molecule has 0 radical (unpaired) electrons. The van der Waals surface area contributed by atoms with Crippen LogP contribution in [0.5, 0.6) is 0 Å². The first-order valence-corrected chi connectivity index (χ1v) is 6.23. The molecule has 1 aromatic rings. The third kappa shape index (κ3) is 4.19. The Balaban J connectivity index is 2.81. The molecule has 0 aliphatic heterocycles. The van der Waals surface area contributed by atoms with Gasteiger partial charge in [0.2, 0.25) is 5.91 Å².